The summed E-state index contributed by atoms with van der Waals surface area (Å²) < 4.78 is 20.8. The van der Waals surface area contributed by atoms with E-state index in [4.69, 9.17) is 10.8 Å². The molecule has 2 aliphatic rings. The van der Waals surface area contributed by atoms with E-state index >= 15 is 4.39 Å². The highest BCUT2D eigenvalue weighted by Gasteiger charge is 2.31. The van der Waals surface area contributed by atoms with Crippen LogP contribution in [0.25, 0.3) is 5.52 Å². The molecular formula is C19H22FN3O4. The quantitative estimate of drug-likeness (QED) is 0.801. The van der Waals surface area contributed by atoms with Crippen molar-refractivity contribution in [2.24, 2.45) is 5.73 Å². The zero-order chi connectivity index (χ0) is 19.3. The van der Waals surface area contributed by atoms with E-state index in [1.54, 1.807) is 6.92 Å². The van der Waals surface area contributed by atoms with E-state index in [2.05, 4.69) is 4.74 Å². The number of nitrogens with zero attached hydrogens (tertiary/aromatic N) is 2. The molecule has 1 saturated heterocycles. The second-order valence-electron chi connectivity index (χ2n) is 7.43. The van der Waals surface area contributed by atoms with Crippen molar-refractivity contribution in [1.82, 2.24) is 4.40 Å². The van der Waals surface area contributed by atoms with Gasteiger partial charge in [-0.15, -0.1) is 0 Å². The maximum atomic E-state index is 15.0. The Labute approximate surface area is 155 Å². The minimum Gasteiger partial charge on any atom is -0.449 e. The molecule has 0 bridgehead atoms. The van der Waals surface area contributed by atoms with Crippen LogP contribution in [0.4, 0.5) is 14.9 Å². The molecule has 0 radical (unpaired) electrons. The Morgan fingerprint density at radius 1 is 1.37 bits per heavy atom. The van der Waals surface area contributed by atoms with Crippen LogP contribution in [0.3, 0.4) is 0 Å². The zero-order valence-electron chi connectivity index (χ0n) is 15.1. The highest BCUT2D eigenvalue weighted by atomic mass is 19.1. The first kappa shape index (κ1) is 17.8. The van der Waals surface area contributed by atoms with Crippen LogP contribution in [-0.4, -0.2) is 34.8 Å². The summed E-state index contributed by atoms with van der Waals surface area (Å²) in [5.74, 6) is -0.601. The first-order valence-electron chi connectivity index (χ1n) is 9.16. The Balaban J connectivity index is 1.95. The number of aromatic nitrogens is 1. The van der Waals surface area contributed by atoms with E-state index in [1.165, 1.54) is 10.5 Å². The molecule has 3 heterocycles. The topological polar surface area (TPSA) is 97.3 Å². The van der Waals surface area contributed by atoms with Crippen molar-refractivity contribution in [3.8, 4) is 5.75 Å². The molecule has 27 heavy (non-hydrogen) atoms. The molecule has 0 spiro atoms. The molecule has 7 nitrogen and oxygen atoms in total. The maximum Gasteiger partial charge on any atom is 0.511 e. The Kier molecular flexibility index (Phi) is 4.30. The zero-order valence-corrected chi connectivity index (χ0v) is 15.1. The fourth-order valence-corrected chi connectivity index (χ4v) is 4.09. The van der Waals surface area contributed by atoms with Gasteiger partial charge in [-0.05, 0) is 55.7 Å². The van der Waals surface area contributed by atoms with Gasteiger partial charge in [0.25, 0.3) is 5.56 Å². The van der Waals surface area contributed by atoms with E-state index in [0.29, 0.717) is 29.9 Å². The highest BCUT2D eigenvalue weighted by Crippen LogP contribution is 2.44. The second kappa shape index (κ2) is 6.53. The molecule has 144 valence electrons. The third-order valence-corrected chi connectivity index (χ3v) is 5.40. The minimum atomic E-state index is -1.56. The van der Waals surface area contributed by atoms with Crippen LogP contribution in [-0.2, 0) is 0 Å². The molecule has 1 atom stereocenters. The number of pyridine rings is 2. The lowest BCUT2D eigenvalue weighted by atomic mass is 10.0. The summed E-state index contributed by atoms with van der Waals surface area (Å²) in [4.78, 5) is 25.5. The van der Waals surface area contributed by atoms with Crippen LogP contribution in [0.15, 0.2) is 17.1 Å². The lowest BCUT2D eigenvalue weighted by Gasteiger charge is -2.34. The van der Waals surface area contributed by atoms with Crippen LogP contribution in [0.1, 0.15) is 42.7 Å². The molecule has 1 aliphatic heterocycles. The summed E-state index contributed by atoms with van der Waals surface area (Å²) in [6.45, 7) is 3.08. The number of hydrogen-bond acceptors (Lipinski definition) is 5. The van der Waals surface area contributed by atoms with Gasteiger partial charge in [0.2, 0.25) is 0 Å². The standard InChI is InChI=1S/C19H22FN3O4/c1-10-16-13(11-4-5-11)7-15(27-19(25)26)18(24)23(16)9-14(20)17(10)22-6-2-3-12(21)8-22/h7,9,11-12H,2-6,8,21H2,1H3,(H,25,26)/t12-/m0/s1. The molecule has 3 N–H and O–H groups in total. The van der Waals surface area contributed by atoms with Crippen LogP contribution in [0.5, 0.6) is 5.75 Å². The molecule has 0 unspecified atom stereocenters. The number of halogens is 1. The summed E-state index contributed by atoms with van der Waals surface area (Å²) in [5, 5.41) is 8.89. The number of fused-ring (bicyclic) bond motifs is 1. The van der Waals surface area contributed by atoms with Crippen LogP contribution >= 0.6 is 0 Å². The molecule has 2 fully saturated rings. The van der Waals surface area contributed by atoms with Gasteiger partial charge in [0, 0.05) is 19.1 Å². The number of carbonyl (C=O) groups is 1. The Hall–Kier alpha value is -2.61. The van der Waals surface area contributed by atoms with Gasteiger partial charge >= 0.3 is 6.16 Å². The number of piperidine rings is 1. The van der Waals surface area contributed by atoms with Crippen molar-refractivity contribution in [2.45, 2.75) is 44.6 Å². The van der Waals surface area contributed by atoms with Crippen molar-refractivity contribution in [3.63, 3.8) is 0 Å². The van der Waals surface area contributed by atoms with Gasteiger partial charge in [0.05, 0.1) is 17.4 Å². The predicted octanol–water partition coefficient (Wildman–Crippen LogP) is 2.61. The highest BCUT2D eigenvalue weighted by molar-refractivity contribution is 5.74. The van der Waals surface area contributed by atoms with E-state index in [9.17, 15) is 9.59 Å². The molecule has 0 aromatic carbocycles. The van der Waals surface area contributed by atoms with Gasteiger partial charge in [-0.3, -0.25) is 9.20 Å². The Bertz CT molecular complexity index is 983. The summed E-state index contributed by atoms with van der Waals surface area (Å²) in [7, 11) is 0. The summed E-state index contributed by atoms with van der Waals surface area (Å²) in [6, 6.07) is 1.49. The van der Waals surface area contributed by atoms with Gasteiger partial charge in [0.1, 0.15) is 0 Å². The van der Waals surface area contributed by atoms with Crippen molar-refractivity contribution in [2.75, 3.05) is 18.0 Å². The first-order valence-corrected chi connectivity index (χ1v) is 9.16. The number of carboxylic acid groups (broad SMARTS) is 1. The van der Waals surface area contributed by atoms with Gasteiger partial charge in [0.15, 0.2) is 11.6 Å². The first-order chi connectivity index (χ1) is 12.9. The summed E-state index contributed by atoms with van der Waals surface area (Å²) in [5.41, 5.74) is 7.98. The van der Waals surface area contributed by atoms with Crippen LogP contribution in [0.2, 0.25) is 0 Å². The largest absolute Gasteiger partial charge is 0.511 e. The van der Waals surface area contributed by atoms with Crippen molar-refractivity contribution >= 4 is 17.4 Å². The fraction of sp³-hybridized carbons (Fsp3) is 0.474. The number of anilines is 1. The van der Waals surface area contributed by atoms with E-state index in [1.807, 2.05) is 4.90 Å². The van der Waals surface area contributed by atoms with Crippen molar-refractivity contribution in [3.05, 3.63) is 39.6 Å². The lowest BCUT2D eigenvalue weighted by Crippen LogP contribution is -2.43. The number of ether oxygens (including phenoxy) is 1. The number of rotatable bonds is 3. The third-order valence-electron chi connectivity index (χ3n) is 5.40. The molecule has 4 rings (SSSR count). The van der Waals surface area contributed by atoms with E-state index < -0.39 is 17.5 Å². The third kappa shape index (κ3) is 3.14. The second-order valence-corrected chi connectivity index (χ2v) is 7.43. The normalized spacial score (nSPS) is 20.1. The number of aryl methyl sites for hydroxylation is 1. The fourth-order valence-electron chi connectivity index (χ4n) is 4.09. The van der Waals surface area contributed by atoms with Gasteiger partial charge in [-0.2, -0.15) is 0 Å². The minimum absolute atomic E-state index is 0.00906. The average Bonchev–Trinajstić information content (AvgIpc) is 3.42. The average molecular weight is 375 g/mol. The van der Waals surface area contributed by atoms with Crippen molar-refractivity contribution < 1.29 is 19.0 Å². The summed E-state index contributed by atoms with van der Waals surface area (Å²) >= 11 is 0. The molecule has 2 aromatic rings. The van der Waals surface area contributed by atoms with E-state index in [-0.39, 0.29) is 17.7 Å². The van der Waals surface area contributed by atoms with E-state index in [0.717, 1.165) is 37.4 Å². The lowest BCUT2D eigenvalue weighted by molar-refractivity contribution is 0.143. The van der Waals surface area contributed by atoms with Gasteiger partial charge in [-0.25, -0.2) is 9.18 Å². The maximum absolute atomic E-state index is 15.0. The van der Waals surface area contributed by atoms with Crippen molar-refractivity contribution in [1.29, 1.82) is 0 Å². The molecule has 1 aliphatic carbocycles. The van der Waals surface area contributed by atoms with Crippen LogP contribution < -0.4 is 20.9 Å². The SMILES string of the molecule is Cc1c(N2CCC[C@H](N)C2)c(F)cn2c(=O)c(OC(=O)O)cc(C3CC3)c12. The molecule has 2 aromatic heterocycles. The molecule has 8 heteroatoms. The van der Waals surface area contributed by atoms with Gasteiger partial charge in [-0.1, -0.05) is 0 Å². The number of nitrogens with two attached hydrogens (primary N) is 1. The van der Waals surface area contributed by atoms with Gasteiger partial charge < -0.3 is 20.5 Å². The molecule has 1 saturated carbocycles. The molecule has 0 amide bonds. The number of hydrogen-bond donors (Lipinski definition) is 2. The smallest absolute Gasteiger partial charge is 0.449 e. The predicted molar refractivity (Wildman–Crippen MR) is 98.4 cm³/mol. The summed E-state index contributed by atoms with van der Waals surface area (Å²) in [6.07, 6.45) is 3.26. The van der Waals surface area contributed by atoms with Crippen LogP contribution in [0, 0.1) is 12.7 Å². The Morgan fingerprint density at radius 3 is 2.74 bits per heavy atom. The Morgan fingerprint density at radius 2 is 2.11 bits per heavy atom. The monoisotopic (exact) mass is 375 g/mol. The molecular weight excluding hydrogens is 353 g/mol.